The largest absolute Gasteiger partial charge is 0.488 e. The number of anilines is 1. The van der Waals surface area contributed by atoms with Gasteiger partial charge in [0, 0.05) is 31.0 Å². The Bertz CT molecular complexity index is 1280. The maximum atomic E-state index is 13.3. The summed E-state index contributed by atoms with van der Waals surface area (Å²) in [6, 6.07) is 22.6. The van der Waals surface area contributed by atoms with Gasteiger partial charge in [-0.25, -0.2) is 0 Å². The summed E-state index contributed by atoms with van der Waals surface area (Å²) in [4.78, 5) is 13.3. The number of carbonyl (C=O) groups excluding carboxylic acids is 1. The minimum absolute atomic E-state index is 0.0221. The topological polar surface area (TPSA) is 77.4 Å². The van der Waals surface area contributed by atoms with Crippen LogP contribution in [0.15, 0.2) is 85.2 Å². The number of nitrogens with zero attached hydrogens (tertiary/aromatic N) is 2. The van der Waals surface area contributed by atoms with Gasteiger partial charge in [0.25, 0.3) is 5.91 Å². The van der Waals surface area contributed by atoms with Gasteiger partial charge in [-0.05, 0) is 73.5 Å². The minimum atomic E-state index is -0.224. The SMILES string of the molecule is Cn1cc(-c2ccc(C(=O)Nc3ccc(Oc4ccccc4)cc3)c(O[C@@H]3CCCNC3)c2)cn1. The zero-order chi connectivity index (χ0) is 24.0. The monoisotopic (exact) mass is 468 g/mol. The van der Waals surface area contributed by atoms with Crippen LogP contribution in [0.3, 0.4) is 0 Å². The molecule has 7 heteroatoms. The molecule has 0 bridgehead atoms. The first-order valence-electron chi connectivity index (χ1n) is 11.8. The van der Waals surface area contributed by atoms with E-state index in [4.69, 9.17) is 9.47 Å². The number of para-hydroxylation sites is 1. The standard InChI is InChI=1S/C28H28N4O3/c1-32-19-21(17-30-32)20-9-14-26(27(16-20)35-25-8-5-15-29-18-25)28(33)31-22-10-12-24(13-11-22)34-23-6-3-2-4-7-23/h2-4,6-7,9-14,16-17,19,25,29H,5,8,15,18H2,1H3,(H,31,33)/t25-/m1/s1. The highest BCUT2D eigenvalue weighted by atomic mass is 16.5. The van der Waals surface area contributed by atoms with Crippen LogP contribution in [0, 0.1) is 0 Å². The molecule has 4 aromatic rings. The normalized spacial score (nSPS) is 15.4. The Morgan fingerprint density at radius 3 is 2.54 bits per heavy atom. The van der Waals surface area contributed by atoms with Crippen LogP contribution in [0.5, 0.6) is 17.2 Å². The van der Waals surface area contributed by atoms with Crippen molar-refractivity contribution >= 4 is 11.6 Å². The first-order valence-corrected chi connectivity index (χ1v) is 11.8. The van der Waals surface area contributed by atoms with E-state index in [1.807, 2.05) is 86.0 Å². The van der Waals surface area contributed by atoms with E-state index < -0.39 is 0 Å². The second-order valence-corrected chi connectivity index (χ2v) is 8.59. The maximum Gasteiger partial charge on any atom is 0.259 e. The Morgan fingerprint density at radius 2 is 1.83 bits per heavy atom. The fourth-order valence-corrected chi connectivity index (χ4v) is 4.09. The summed E-state index contributed by atoms with van der Waals surface area (Å²) in [5.41, 5.74) is 3.10. The van der Waals surface area contributed by atoms with Crippen LogP contribution in [0.25, 0.3) is 11.1 Å². The van der Waals surface area contributed by atoms with Crippen molar-refractivity contribution in [1.29, 1.82) is 0 Å². The average molecular weight is 469 g/mol. The number of piperidine rings is 1. The molecule has 5 rings (SSSR count). The van der Waals surface area contributed by atoms with Crippen molar-refractivity contribution in [1.82, 2.24) is 15.1 Å². The van der Waals surface area contributed by atoms with E-state index in [2.05, 4.69) is 15.7 Å². The lowest BCUT2D eigenvalue weighted by Gasteiger charge is -2.25. The van der Waals surface area contributed by atoms with Crippen LogP contribution in [-0.4, -0.2) is 34.9 Å². The third-order valence-corrected chi connectivity index (χ3v) is 5.90. The summed E-state index contributed by atoms with van der Waals surface area (Å²) in [6.45, 7) is 1.76. The van der Waals surface area contributed by atoms with Crippen LogP contribution >= 0.6 is 0 Å². The van der Waals surface area contributed by atoms with Gasteiger partial charge in [-0.15, -0.1) is 0 Å². The number of aromatic nitrogens is 2. The number of benzene rings is 3. The predicted molar refractivity (Wildman–Crippen MR) is 136 cm³/mol. The summed E-state index contributed by atoms with van der Waals surface area (Å²) >= 11 is 0. The molecule has 0 saturated carbocycles. The Hall–Kier alpha value is -4.10. The van der Waals surface area contributed by atoms with E-state index in [0.29, 0.717) is 22.7 Å². The van der Waals surface area contributed by atoms with E-state index in [1.54, 1.807) is 10.9 Å². The summed E-state index contributed by atoms with van der Waals surface area (Å²) in [5, 5.41) is 10.6. The van der Waals surface area contributed by atoms with Crippen LogP contribution < -0.4 is 20.1 Å². The van der Waals surface area contributed by atoms with Crippen LogP contribution in [0.2, 0.25) is 0 Å². The van der Waals surface area contributed by atoms with Crippen LogP contribution in [-0.2, 0) is 7.05 Å². The van der Waals surface area contributed by atoms with Gasteiger partial charge >= 0.3 is 0 Å². The first-order chi connectivity index (χ1) is 17.1. The number of hydrogen-bond donors (Lipinski definition) is 2. The second kappa shape index (κ2) is 10.4. The summed E-state index contributed by atoms with van der Waals surface area (Å²) in [5.74, 6) is 1.81. The lowest BCUT2D eigenvalue weighted by molar-refractivity contribution is 0.101. The molecule has 1 aliphatic heterocycles. The molecule has 1 aromatic heterocycles. The fraction of sp³-hybridized carbons (Fsp3) is 0.214. The minimum Gasteiger partial charge on any atom is -0.488 e. The van der Waals surface area contributed by atoms with Gasteiger partial charge in [-0.1, -0.05) is 24.3 Å². The molecular weight excluding hydrogens is 440 g/mol. The van der Waals surface area contributed by atoms with E-state index in [1.165, 1.54) is 0 Å². The molecule has 0 unspecified atom stereocenters. The molecule has 178 valence electrons. The fourth-order valence-electron chi connectivity index (χ4n) is 4.09. The zero-order valence-electron chi connectivity index (χ0n) is 19.6. The van der Waals surface area contributed by atoms with Crippen molar-refractivity contribution in [2.75, 3.05) is 18.4 Å². The summed E-state index contributed by atoms with van der Waals surface area (Å²) < 4.78 is 13.9. The van der Waals surface area contributed by atoms with Gasteiger partial charge < -0.3 is 20.1 Å². The molecule has 7 nitrogen and oxygen atoms in total. The highest BCUT2D eigenvalue weighted by Crippen LogP contribution is 2.30. The van der Waals surface area contributed by atoms with E-state index in [0.717, 1.165) is 42.8 Å². The number of nitrogens with one attached hydrogen (secondary N) is 2. The van der Waals surface area contributed by atoms with Crippen molar-refractivity contribution in [2.24, 2.45) is 7.05 Å². The molecule has 0 radical (unpaired) electrons. The van der Waals surface area contributed by atoms with E-state index >= 15 is 0 Å². The Balaban J connectivity index is 1.34. The maximum absolute atomic E-state index is 13.3. The van der Waals surface area contributed by atoms with Gasteiger partial charge in [0.1, 0.15) is 23.4 Å². The highest BCUT2D eigenvalue weighted by molar-refractivity contribution is 6.06. The predicted octanol–water partition coefficient (Wildman–Crippen LogP) is 5.26. The molecular formula is C28H28N4O3. The number of rotatable bonds is 7. The number of amides is 1. The molecule has 1 amide bonds. The molecule has 1 aliphatic rings. The molecule has 1 saturated heterocycles. The Morgan fingerprint density at radius 1 is 1.03 bits per heavy atom. The average Bonchev–Trinajstić information content (AvgIpc) is 3.33. The third kappa shape index (κ3) is 5.70. The van der Waals surface area contributed by atoms with Gasteiger partial charge in [-0.2, -0.15) is 5.10 Å². The smallest absolute Gasteiger partial charge is 0.259 e. The summed E-state index contributed by atoms with van der Waals surface area (Å²) in [7, 11) is 1.88. The van der Waals surface area contributed by atoms with Gasteiger partial charge in [-0.3, -0.25) is 9.48 Å². The Labute approximate surface area is 204 Å². The van der Waals surface area contributed by atoms with Crippen molar-refractivity contribution in [3.8, 4) is 28.4 Å². The molecule has 2 heterocycles. The number of ether oxygens (including phenoxy) is 2. The van der Waals surface area contributed by atoms with E-state index in [-0.39, 0.29) is 12.0 Å². The lowest BCUT2D eigenvalue weighted by Crippen LogP contribution is -2.37. The van der Waals surface area contributed by atoms with Crippen molar-refractivity contribution in [3.05, 3.63) is 90.8 Å². The number of carbonyl (C=O) groups is 1. The molecule has 2 N–H and O–H groups in total. The molecule has 1 atom stereocenters. The zero-order valence-corrected chi connectivity index (χ0v) is 19.6. The Kier molecular flexibility index (Phi) is 6.77. The second-order valence-electron chi connectivity index (χ2n) is 8.59. The quantitative estimate of drug-likeness (QED) is 0.387. The van der Waals surface area contributed by atoms with Gasteiger partial charge in [0.2, 0.25) is 0 Å². The van der Waals surface area contributed by atoms with Gasteiger partial charge in [0.15, 0.2) is 0 Å². The number of hydrogen-bond acceptors (Lipinski definition) is 5. The highest BCUT2D eigenvalue weighted by Gasteiger charge is 2.20. The molecule has 1 fully saturated rings. The third-order valence-electron chi connectivity index (χ3n) is 5.90. The van der Waals surface area contributed by atoms with E-state index in [9.17, 15) is 4.79 Å². The van der Waals surface area contributed by atoms with Crippen molar-refractivity contribution in [3.63, 3.8) is 0 Å². The number of aryl methyl sites for hydroxylation is 1. The van der Waals surface area contributed by atoms with Crippen LogP contribution in [0.1, 0.15) is 23.2 Å². The first kappa shape index (κ1) is 22.7. The van der Waals surface area contributed by atoms with Crippen molar-refractivity contribution in [2.45, 2.75) is 18.9 Å². The molecule has 0 spiro atoms. The summed E-state index contributed by atoms with van der Waals surface area (Å²) in [6.07, 6.45) is 5.77. The van der Waals surface area contributed by atoms with Gasteiger partial charge in [0.05, 0.1) is 11.8 Å². The van der Waals surface area contributed by atoms with Crippen molar-refractivity contribution < 1.29 is 14.3 Å². The lowest BCUT2D eigenvalue weighted by atomic mass is 10.0. The van der Waals surface area contributed by atoms with Crippen LogP contribution in [0.4, 0.5) is 5.69 Å². The molecule has 0 aliphatic carbocycles. The molecule has 3 aromatic carbocycles. The molecule has 35 heavy (non-hydrogen) atoms.